The van der Waals surface area contributed by atoms with Crippen molar-refractivity contribution in [1.82, 2.24) is 10.2 Å². The Hall–Kier alpha value is -2.15. The average molecular weight is 376 g/mol. The molecule has 6 nitrogen and oxygen atoms in total. The summed E-state index contributed by atoms with van der Waals surface area (Å²) in [6.45, 7) is 0.131. The zero-order valence-corrected chi connectivity index (χ0v) is 13.7. The SMILES string of the molecule is O=C(O)C1CN(C(=O)c2n[nH]c(C3CC3)c2Br)c2ccccc21. The molecule has 1 aromatic heterocycles. The van der Waals surface area contributed by atoms with E-state index in [0.717, 1.165) is 18.5 Å². The van der Waals surface area contributed by atoms with Crippen LogP contribution in [0, 0.1) is 0 Å². The van der Waals surface area contributed by atoms with E-state index in [4.69, 9.17) is 0 Å². The number of anilines is 1. The number of aromatic nitrogens is 2. The number of carbonyl (C=O) groups is 2. The molecule has 1 saturated carbocycles. The number of halogens is 1. The third-order valence-electron chi connectivity index (χ3n) is 4.43. The fraction of sp³-hybridized carbons (Fsp3) is 0.312. The normalized spacial score (nSPS) is 19.7. The standard InChI is InChI=1S/C16H14BrN3O3/c17-12-13(8-5-6-8)18-19-14(12)15(21)20-7-10(16(22)23)9-3-1-2-4-11(9)20/h1-4,8,10H,5-7H2,(H,18,19)(H,22,23). The molecule has 0 saturated heterocycles. The zero-order valence-electron chi connectivity index (χ0n) is 12.1. The predicted molar refractivity (Wildman–Crippen MR) is 86.8 cm³/mol. The van der Waals surface area contributed by atoms with Crippen LogP contribution < -0.4 is 4.90 Å². The van der Waals surface area contributed by atoms with Gasteiger partial charge in [0.05, 0.1) is 10.2 Å². The highest BCUT2D eigenvalue weighted by Gasteiger charge is 2.39. The second-order valence-corrected chi connectivity index (χ2v) is 6.73. The van der Waals surface area contributed by atoms with Crippen LogP contribution in [0.15, 0.2) is 28.7 Å². The number of carbonyl (C=O) groups excluding carboxylic acids is 1. The van der Waals surface area contributed by atoms with E-state index in [1.165, 1.54) is 4.90 Å². The van der Waals surface area contributed by atoms with E-state index in [0.29, 0.717) is 27.3 Å². The molecule has 1 aliphatic heterocycles. The lowest BCUT2D eigenvalue weighted by molar-refractivity contribution is -0.138. The third-order valence-corrected chi connectivity index (χ3v) is 5.23. The summed E-state index contributed by atoms with van der Waals surface area (Å²) in [5.41, 5.74) is 2.58. The number of fused-ring (bicyclic) bond motifs is 1. The number of nitrogens with one attached hydrogen (secondary N) is 1. The van der Waals surface area contributed by atoms with Crippen LogP contribution in [0.3, 0.4) is 0 Å². The fourth-order valence-electron chi connectivity index (χ4n) is 3.06. The summed E-state index contributed by atoms with van der Waals surface area (Å²) in [6, 6.07) is 7.13. The van der Waals surface area contributed by atoms with Gasteiger partial charge in [-0.2, -0.15) is 5.10 Å². The lowest BCUT2D eigenvalue weighted by Gasteiger charge is -2.16. The van der Waals surface area contributed by atoms with Gasteiger partial charge in [-0.1, -0.05) is 18.2 Å². The van der Waals surface area contributed by atoms with E-state index in [2.05, 4.69) is 26.1 Å². The van der Waals surface area contributed by atoms with Crippen molar-refractivity contribution in [3.63, 3.8) is 0 Å². The molecule has 2 aromatic rings. The van der Waals surface area contributed by atoms with Crippen molar-refractivity contribution in [1.29, 1.82) is 0 Å². The van der Waals surface area contributed by atoms with Gasteiger partial charge < -0.3 is 10.0 Å². The van der Waals surface area contributed by atoms with E-state index in [9.17, 15) is 14.7 Å². The molecule has 1 aliphatic carbocycles. The predicted octanol–water partition coefficient (Wildman–Crippen LogP) is 2.88. The molecular weight excluding hydrogens is 362 g/mol. The Bertz CT molecular complexity index is 813. The maximum atomic E-state index is 12.9. The summed E-state index contributed by atoms with van der Waals surface area (Å²) in [4.78, 5) is 25.8. The quantitative estimate of drug-likeness (QED) is 0.863. The molecule has 118 valence electrons. The lowest BCUT2D eigenvalue weighted by Crippen LogP contribution is -2.31. The Morgan fingerprint density at radius 2 is 2.04 bits per heavy atom. The topological polar surface area (TPSA) is 86.3 Å². The molecule has 0 bridgehead atoms. The van der Waals surface area contributed by atoms with Gasteiger partial charge in [-0.3, -0.25) is 14.7 Å². The van der Waals surface area contributed by atoms with Gasteiger partial charge in [0.2, 0.25) is 0 Å². The molecule has 1 unspecified atom stereocenters. The highest BCUT2D eigenvalue weighted by Crippen LogP contribution is 2.44. The minimum Gasteiger partial charge on any atom is -0.481 e. The Kier molecular flexibility index (Phi) is 3.26. The van der Waals surface area contributed by atoms with Crippen LogP contribution in [0.25, 0.3) is 0 Å². The van der Waals surface area contributed by atoms with E-state index >= 15 is 0 Å². The second-order valence-electron chi connectivity index (χ2n) is 5.94. The molecule has 1 amide bonds. The van der Waals surface area contributed by atoms with Gasteiger partial charge in [0.25, 0.3) is 5.91 Å². The summed E-state index contributed by atoms with van der Waals surface area (Å²) in [5.74, 6) is -1.46. The van der Waals surface area contributed by atoms with Crippen molar-refractivity contribution >= 4 is 33.5 Å². The maximum absolute atomic E-state index is 12.9. The van der Waals surface area contributed by atoms with Crippen molar-refractivity contribution in [2.24, 2.45) is 0 Å². The summed E-state index contributed by atoms with van der Waals surface area (Å²) in [6.07, 6.45) is 2.20. The Morgan fingerprint density at radius 1 is 1.30 bits per heavy atom. The molecule has 1 fully saturated rings. The summed E-state index contributed by atoms with van der Waals surface area (Å²) in [7, 11) is 0. The van der Waals surface area contributed by atoms with Crippen molar-refractivity contribution in [3.8, 4) is 0 Å². The maximum Gasteiger partial charge on any atom is 0.312 e. The van der Waals surface area contributed by atoms with Crippen LogP contribution in [0.1, 0.15) is 46.4 Å². The highest BCUT2D eigenvalue weighted by atomic mass is 79.9. The smallest absolute Gasteiger partial charge is 0.312 e. The number of nitrogens with zero attached hydrogens (tertiary/aromatic N) is 2. The largest absolute Gasteiger partial charge is 0.481 e. The number of hydrogen-bond donors (Lipinski definition) is 2. The molecule has 1 atom stereocenters. The molecule has 7 heteroatoms. The minimum absolute atomic E-state index is 0.131. The number of para-hydroxylation sites is 1. The Morgan fingerprint density at radius 3 is 2.74 bits per heavy atom. The molecule has 2 heterocycles. The van der Waals surface area contributed by atoms with Crippen molar-refractivity contribution in [2.45, 2.75) is 24.7 Å². The van der Waals surface area contributed by atoms with E-state index in [1.807, 2.05) is 0 Å². The average Bonchev–Trinajstić information content (AvgIpc) is 3.19. The second kappa shape index (κ2) is 5.19. The van der Waals surface area contributed by atoms with E-state index in [1.54, 1.807) is 24.3 Å². The lowest BCUT2D eigenvalue weighted by atomic mass is 10.0. The van der Waals surface area contributed by atoms with Crippen LogP contribution in [0.2, 0.25) is 0 Å². The number of H-pyrrole nitrogens is 1. The number of hydrogen-bond acceptors (Lipinski definition) is 3. The van der Waals surface area contributed by atoms with Crippen LogP contribution >= 0.6 is 15.9 Å². The van der Waals surface area contributed by atoms with Crippen LogP contribution in [0.4, 0.5) is 5.69 Å². The molecular formula is C16H14BrN3O3. The van der Waals surface area contributed by atoms with Crippen molar-refractivity contribution in [2.75, 3.05) is 11.4 Å². The van der Waals surface area contributed by atoms with Gasteiger partial charge in [-0.15, -0.1) is 0 Å². The highest BCUT2D eigenvalue weighted by molar-refractivity contribution is 9.10. The van der Waals surface area contributed by atoms with Gasteiger partial charge >= 0.3 is 5.97 Å². The number of amides is 1. The molecule has 23 heavy (non-hydrogen) atoms. The first kappa shape index (κ1) is 14.4. The molecule has 4 rings (SSSR count). The fourth-order valence-corrected chi connectivity index (χ4v) is 3.74. The van der Waals surface area contributed by atoms with Crippen molar-refractivity contribution in [3.05, 3.63) is 45.7 Å². The molecule has 2 N–H and O–H groups in total. The van der Waals surface area contributed by atoms with Gasteiger partial charge in [-0.05, 0) is 40.4 Å². The van der Waals surface area contributed by atoms with Crippen LogP contribution in [-0.2, 0) is 4.79 Å². The third kappa shape index (κ3) is 2.26. The number of carboxylic acids is 1. The summed E-state index contributed by atoms with van der Waals surface area (Å²) >= 11 is 3.47. The summed E-state index contributed by atoms with van der Waals surface area (Å²) < 4.78 is 0.696. The van der Waals surface area contributed by atoms with Gasteiger partial charge in [0.15, 0.2) is 5.69 Å². The van der Waals surface area contributed by atoms with Gasteiger partial charge in [-0.25, -0.2) is 0 Å². The number of aliphatic carboxylic acids is 1. The first-order valence-corrected chi connectivity index (χ1v) is 8.24. The number of benzene rings is 1. The molecule has 1 aromatic carbocycles. The zero-order chi connectivity index (χ0) is 16.1. The molecule has 2 aliphatic rings. The number of carboxylic acid groups (broad SMARTS) is 1. The minimum atomic E-state index is -0.924. The molecule has 0 radical (unpaired) electrons. The first-order valence-electron chi connectivity index (χ1n) is 7.45. The Labute approximate surface area is 140 Å². The first-order chi connectivity index (χ1) is 11.1. The van der Waals surface area contributed by atoms with Crippen molar-refractivity contribution < 1.29 is 14.7 Å². The molecule has 0 spiro atoms. The van der Waals surface area contributed by atoms with E-state index < -0.39 is 11.9 Å². The number of rotatable bonds is 3. The van der Waals surface area contributed by atoms with Crippen LogP contribution in [-0.4, -0.2) is 33.7 Å². The van der Waals surface area contributed by atoms with Gasteiger partial charge in [0.1, 0.15) is 5.92 Å². The van der Waals surface area contributed by atoms with Crippen LogP contribution in [0.5, 0.6) is 0 Å². The van der Waals surface area contributed by atoms with E-state index in [-0.39, 0.29) is 12.5 Å². The Balaban J connectivity index is 1.71. The number of aromatic amines is 1. The summed E-state index contributed by atoms with van der Waals surface area (Å²) in [5, 5.41) is 16.5. The monoisotopic (exact) mass is 375 g/mol. The van der Waals surface area contributed by atoms with Gasteiger partial charge in [0, 0.05) is 18.2 Å².